The van der Waals surface area contributed by atoms with Crippen molar-refractivity contribution in [2.24, 2.45) is 0 Å². The number of aryl methyl sites for hydroxylation is 1. The van der Waals surface area contributed by atoms with Crippen LogP contribution < -0.4 is 5.32 Å². The van der Waals surface area contributed by atoms with Crippen LogP contribution in [0.5, 0.6) is 0 Å². The highest BCUT2D eigenvalue weighted by atomic mass is 15.1. The molecule has 2 heterocycles. The lowest BCUT2D eigenvalue weighted by molar-refractivity contribution is 0.261. The van der Waals surface area contributed by atoms with Gasteiger partial charge in [-0.05, 0) is 51.6 Å². The summed E-state index contributed by atoms with van der Waals surface area (Å²) < 4.78 is 0. The number of piperidine rings is 1. The second-order valence-corrected chi connectivity index (χ2v) is 5.30. The summed E-state index contributed by atoms with van der Waals surface area (Å²) in [5.41, 5.74) is 3.34. The van der Waals surface area contributed by atoms with Crippen LogP contribution >= 0.6 is 0 Å². The van der Waals surface area contributed by atoms with E-state index in [0.29, 0.717) is 6.04 Å². The lowest BCUT2D eigenvalue weighted by Crippen LogP contribution is -2.39. The summed E-state index contributed by atoms with van der Waals surface area (Å²) in [6.45, 7) is 4.33. The van der Waals surface area contributed by atoms with E-state index >= 15 is 0 Å². The fraction of sp³-hybridized carbons (Fsp3) is 0.500. The molecule has 2 N–H and O–H groups in total. The Kier molecular flexibility index (Phi) is 2.96. The van der Waals surface area contributed by atoms with Crippen LogP contribution in [0.25, 0.3) is 11.0 Å². The average Bonchev–Trinajstić information content (AvgIpc) is 2.68. The lowest BCUT2D eigenvalue weighted by atomic mass is 10.1. The number of imidazole rings is 1. The van der Waals surface area contributed by atoms with Gasteiger partial charge in [-0.2, -0.15) is 0 Å². The number of nitrogens with zero attached hydrogens (tertiary/aromatic N) is 2. The van der Waals surface area contributed by atoms with Crippen molar-refractivity contribution < 1.29 is 0 Å². The number of nitrogens with one attached hydrogen (secondary N) is 2. The van der Waals surface area contributed by atoms with Gasteiger partial charge in [0.05, 0.1) is 11.0 Å². The fourth-order valence-electron chi connectivity index (χ4n) is 2.75. The van der Waals surface area contributed by atoms with E-state index in [0.717, 1.165) is 23.4 Å². The van der Waals surface area contributed by atoms with Crippen LogP contribution in [0.3, 0.4) is 0 Å². The van der Waals surface area contributed by atoms with Crippen molar-refractivity contribution in [3.05, 3.63) is 24.0 Å². The highest BCUT2D eigenvalue weighted by molar-refractivity contribution is 5.79. The van der Waals surface area contributed by atoms with Crippen molar-refractivity contribution in [1.29, 1.82) is 0 Å². The predicted molar refractivity (Wildman–Crippen MR) is 75.0 cm³/mol. The molecule has 1 aromatic heterocycles. The summed E-state index contributed by atoms with van der Waals surface area (Å²) >= 11 is 0. The molecule has 1 aliphatic rings. The third-order valence-electron chi connectivity index (χ3n) is 3.60. The minimum atomic E-state index is 0.560. The first-order chi connectivity index (χ1) is 8.70. The Morgan fingerprint density at radius 1 is 1.44 bits per heavy atom. The van der Waals surface area contributed by atoms with E-state index in [9.17, 15) is 0 Å². The first-order valence-electron chi connectivity index (χ1n) is 6.62. The molecule has 3 rings (SSSR count). The van der Waals surface area contributed by atoms with E-state index in [1.54, 1.807) is 0 Å². The van der Waals surface area contributed by atoms with Gasteiger partial charge in [-0.15, -0.1) is 0 Å². The van der Waals surface area contributed by atoms with Crippen molar-refractivity contribution in [3.63, 3.8) is 0 Å². The van der Waals surface area contributed by atoms with Crippen LogP contribution in [0, 0.1) is 6.92 Å². The van der Waals surface area contributed by atoms with E-state index < -0.39 is 0 Å². The van der Waals surface area contributed by atoms with Gasteiger partial charge in [0.2, 0.25) is 0 Å². The number of hydrogen-bond acceptors (Lipinski definition) is 3. The molecular weight excluding hydrogens is 224 g/mol. The van der Waals surface area contributed by atoms with Crippen LogP contribution in [0.2, 0.25) is 0 Å². The Morgan fingerprint density at radius 3 is 3.17 bits per heavy atom. The monoisotopic (exact) mass is 244 g/mol. The van der Waals surface area contributed by atoms with Gasteiger partial charge in [0, 0.05) is 18.3 Å². The Bertz CT molecular complexity index is 546. The van der Waals surface area contributed by atoms with Crippen LogP contribution in [-0.2, 0) is 0 Å². The molecule has 0 aliphatic carbocycles. The van der Waals surface area contributed by atoms with Crippen molar-refractivity contribution in [2.75, 3.05) is 25.5 Å². The molecule has 0 saturated carbocycles. The average molecular weight is 244 g/mol. The molecule has 1 aromatic carbocycles. The maximum Gasteiger partial charge on any atom is 0.104 e. The molecule has 1 saturated heterocycles. The van der Waals surface area contributed by atoms with Gasteiger partial charge < -0.3 is 15.2 Å². The zero-order valence-corrected chi connectivity index (χ0v) is 11.0. The van der Waals surface area contributed by atoms with Gasteiger partial charge in [0.1, 0.15) is 5.82 Å². The van der Waals surface area contributed by atoms with E-state index in [2.05, 4.69) is 45.4 Å². The molecule has 1 aliphatic heterocycles. The molecule has 0 bridgehead atoms. The largest absolute Gasteiger partial charge is 0.381 e. The molecule has 4 nitrogen and oxygen atoms in total. The topological polar surface area (TPSA) is 44.0 Å². The highest BCUT2D eigenvalue weighted by Gasteiger charge is 2.16. The number of aromatic amines is 1. The Morgan fingerprint density at radius 2 is 2.33 bits per heavy atom. The van der Waals surface area contributed by atoms with E-state index in [1.165, 1.54) is 25.1 Å². The molecular formula is C14H20N4. The number of fused-ring (bicyclic) bond motifs is 1. The summed E-state index contributed by atoms with van der Waals surface area (Å²) in [6, 6.07) is 6.92. The smallest absolute Gasteiger partial charge is 0.104 e. The quantitative estimate of drug-likeness (QED) is 0.852. The molecule has 96 valence electrons. The van der Waals surface area contributed by atoms with Crippen molar-refractivity contribution >= 4 is 16.7 Å². The Labute approximate surface area is 107 Å². The summed E-state index contributed by atoms with van der Waals surface area (Å²) in [4.78, 5) is 10.1. The molecule has 0 amide bonds. The van der Waals surface area contributed by atoms with E-state index in [-0.39, 0.29) is 0 Å². The number of anilines is 1. The third kappa shape index (κ3) is 2.34. The number of rotatable bonds is 2. The van der Waals surface area contributed by atoms with Gasteiger partial charge in [-0.25, -0.2) is 4.98 Å². The van der Waals surface area contributed by atoms with Gasteiger partial charge in [-0.1, -0.05) is 0 Å². The standard InChI is InChI=1S/C14H20N4/c1-10-15-13-6-5-11(8-14(13)16-10)17-12-4-3-7-18(2)9-12/h5-6,8,12,17H,3-4,7,9H2,1-2H3,(H,15,16). The summed E-state index contributed by atoms with van der Waals surface area (Å²) in [5, 5.41) is 3.62. The van der Waals surface area contributed by atoms with Crippen LogP contribution in [-0.4, -0.2) is 41.0 Å². The number of likely N-dealkylation sites (N-methyl/N-ethyl adjacent to an activating group) is 1. The summed E-state index contributed by atoms with van der Waals surface area (Å²) in [6.07, 6.45) is 2.53. The normalized spacial score (nSPS) is 21.3. The molecule has 2 aromatic rings. The molecule has 1 atom stereocenters. The van der Waals surface area contributed by atoms with Crippen molar-refractivity contribution in [3.8, 4) is 0 Å². The maximum atomic E-state index is 4.42. The van der Waals surface area contributed by atoms with Gasteiger partial charge in [-0.3, -0.25) is 0 Å². The first-order valence-corrected chi connectivity index (χ1v) is 6.62. The minimum absolute atomic E-state index is 0.560. The van der Waals surface area contributed by atoms with Crippen molar-refractivity contribution in [2.45, 2.75) is 25.8 Å². The molecule has 1 fully saturated rings. The number of likely N-dealkylation sites (tertiary alicyclic amines) is 1. The molecule has 0 spiro atoms. The number of benzene rings is 1. The second kappa shape index (κ2) is 4.61. The first kappa shape index (κ1) is 11.5. The SMILES string of the molecule is Cc1nc2ccc(NC3CCCN(C)C3)cc2[nH]1. The lowest BCUT2D eigenvalue weighted by Gasteiger charge is -2.30. The number of H-pyrrole nitrogens is 1. The van der Waals surface area contributed by atoms with Crippen LogP contribution in [0.1, 0.15) is 18.7 Å². The minimum Gasteiger partial charge on any atom is -0.381 e. The van der Waals surface area contributed by atoms with Crippen LogP contribution in [0.15, 0.2) is 18.2 Å². The Balaban J connectivity index is 1.77. The number of aromatic nitrogens is 2. The Hall–Kier alpha value is -1.55. The maximum absolute atomic E-state index is 4.42. The zero-order chi connectivity index (χ0) is 12.5. The molecule has 1 unspecified atom stereocenters. The predicted octanol–water partition coefficient (Wildman–Crippen LogP) is 2.38. The van der Waals surface area contributed by atoms with Crippen molar-refractivity contribution in [1.82, 2.24) is 14.9 Å². The number of hydrogen-bond donors (Lipinski definition) is 2. The second-order valence-electron chi connectivity index (χ2n) is 5.30. The molecule has 0 radical (unpaired) electrons. The van der Waals surface area contributed by atoms with Gasteiger partial charge >= 0.3 is 0 Å². The molecule has 18 heavy (non-hydrogen) atoms. The molecule has 4 heteroatoms. The van der Waals surface area contributed by atoms with E-state index in [4.69, 9.17) is 0 Å². The summed E-state index contributed by atoms with van der Waals surface area (Å²) in [5.74, 6) is 0.972. The highest BCUT2D eigenvalue weighted by Crippen LogP contribution is 2.20. The van der Waals surface area contributed by atoms with Crippen LogP contribution in [0.4, 0.5) is 5.69 Å². The third-order valence-corrected chi connectivity index (χ3v) is 3.60. The van der Waals surface area contributed by atoms with E-state index in [1.807, 2.05) is 6.92 Å². The zero-order valence-electron chi connectivity index (χ0n) is 11.0. The van der Waals surface area contributed by atoms with Gasteiger partial charge in [0.15, 0.2) is 0 Å². The fourth-order valence-corrected chi connectivity index (χ4v) is 2.75. The van der Waals surface area contributed by atoms with Gasteiger partial charge in [0.25, 0.3) is 0 Å². The summed E-state index contributed by atoms with van der Waals surface area (Å²) in [7, 11) is 2.19.